The van der Waals surface area contributed by atoms with Crippen LogP contribution in [0, 0.1) is 16.6 Å². The molecule has 1 amide bonds. The molecule has 4 rings (SSSR count). The van der Waals surface area contributed by atoms with E-state index in [1.54, 1.807) is 26.4 Å². The Hall–Kier alpha value is -2.92. The van der Waals surface area contributed by atoms with E-state index in [0.717, 1.165) is 69.8 Å². The molecular weight excluding hydrogens is 573 g/mol. The van der Waals surface area contributed by atoms with E-state index in [4.69, 9.17) is 9.90 Å². The molecule has 1 aromatic heterocycles. The van der Waals surface area contributed by atoms with E-state index in [-0.39, 0.29) is 31.0 Å². The summed E-state index contributed by atoms with van der Waals surface area (Å²) >= 11 is 0. The molecule has 10 heteroatoms. The molecule has 0 atom stereocenters. The van der Waals surface area contributed by atoms with E-state index in [1.165, 1.54) is 17.7 Å². The van der Waals surface area contributed by atoms with Crippen molar-refractivity contribution in [3.05, 3.63) is 59.4 Å². The number of methoxy groups -OCH3 is 1. The van der Waals surface area contributed by atoms with Crippen molar-refractivity contribution in [2.24, 2.45) is 10.8 Å². The van der Waals surface area contributed by atoms with E-state index in [1.807, 2.05) is 20.0 Å². The first-order chi connectivity index (χ1) is 20.7. The largest absolute Gasteiger partial charge is 0.400 e. The number of hydrogen-bond acceptors (Lipinski definition) is 7. The molecule has 2 aliphatic rings. The maximum Gasteiger partial charge on any atom is 0.228 e. The van der Waals surface area contributed by atoms with E-state index >= 15 is 0 Å². The van der Waals surface area contributed by atoms with Crippen molar-refractivity contribution in [1.82, 2.24) is 25.1 Å². The number of rotatable bonds is 6. The topological polar surface area (TPSA) is 111 Å². The van der Waals surface area contributed by atoms with Crippen LogP contribution in [0.25, 0.3) is 5.57 Å². The molecule has 1 aliphatic heterocycles. The highest BCUT2D eigenvalue weighted by Crippen LogP contribution is 2.47. The fraction of sp³-hybridized carbons (Fsp3) is 0.629. The lowest BCUT2D eigenvalue weighted by atomic mass is 9.86. The van der Waals surface area contributed by atoms with Gasteiger partial charge in [-0.15, -0.1) is 0 Å². The van der Waals surface area contributed by atoms with E-state index in [0.29, 0.717) is 5.91 Å². The molecule has 260 valence electrons. The number of H-pyrrole nitrogens is 1. The van der Waals surface area contributed by atoms with Crippen molar-refractivity contribution in [3.63, 3.8) is 0 Å². The summed E-state index contributed by atoms with van der Waals surface area (Å²) in [6.07, 6.45) is 6.20. The fourth-order valence-corrected chi connectivity index (χ4v) is 4.95. The number of piperazine rings is 1. The molecule has 2 aromatic rings. The number of benzene rings is 1. The number of aliphatic hydroxyl groups excluding tert-OH is 1. The maximum atomic E-state index is 12.7. The van der Waals surface area contributed by atoms with Crippen molar-refractivity contribution in [2.75, 3.05) is 48.0 Å². The number of imidazole rings is 1. The Morgan fingerprint density at radius 1 is 1.16 bits per heavy atom. The molecule has 1 saturated carbocycles. The Morgan fingerprint density at radius 2 is 1.69 bits per heavy atom. The molecule has 0 unspecified atom stereocenters. The van der Waals surface area contributed by atoms with Crippen LogP contribution in [0.4, 0.5) is 4.39 Å². The first kappa shape index (κ1) is 44.2. The van der Waals surface area contributed by atoms with Crippen molar-refractivity contribution in [1.29, 1.82) is 0 Å². The van der Waals surface area contributed by atoms with Crippen LogP contribution in [0.3, 0.4) is 0 Å². The SMILES string of the molecule is C.C/C=C(\c1ncc(CN2CCN(C(=O)C3(C)CC3)CC2(C)C)[nH]1)C(C)(C)C.C=O.CNCc1ccc(F)cc1.CO.COC.[HH]. The number of halogens is 1. The molecule has 1 aromatic carbocycles. The van der Waals surface area contributed by atoms with Gasteiger partial charge in [0.1, 0.15) is 18.4 Å². The van der Waals surface area contributed by atoms with E-state index in [9.17, 15) is 9.18 Å². The lowest BCUT2D eigenvalue weighted by Gasteiger charge is -2.47. The van der Waals surface area contributed by atoms with Crippen LogP contribution in [0.2, 0.25) is 0 Å². The van der Waals surface area contributed by atoms with Crippen molar-refractivity contribution in [3.8, 4) is 0 Å². The molecule has 1 saturated heterocycles. The number of aromatic nitrogens is 2. The van der Waals surface area contributed by atoms with Gasteiger partial charge in [0.15, 0.2) is 0 Å². The lowest BCUT2D eigenvalue weighted by molar-refractivity contribution is -0.141. The number of nitrogens with one attached hydrogen (secondary N) is 2. The van der Waals surface area contributed by atoms with Crippen molar-refractivity contribution in [2.45, 2.75) is 87.4 Å². The molecule has 2 heterocycles. The zero-order valence-corrected chi connectivity index (χ0v) is 29.0. The number of aromatic amines is 1. The number of carbonyl (C=O) groups excluding carboxylic acids is 2. The predicted octanol–water partition coefficient (Wildman–Crippen LogP) is 6.20. The zero-order chi connectivity index (χ0) is 34.1. The molecule has 0 bridgehead atoms. The first-order valence-corrected chi connectivity index (χ1v) is 15.0. The monoisotopic (exact) mass is 637 g/mol. The number of nitrogens with zero attached hydrogens (tertiary/aromatic N) is 3. The van der Waals surface area contributed by atoms with Gasteiger partial charge in [-0.25, -0.2) is 9.37 Å². The minimum Gasteiger partial charge on any atom is -0.400 e. The summed E-state index contributed by atoms with van der Waals surface area (Å²) in [6, 6.07) is 6.47. The van der Waals surface area contributed by atoms with Gasteiger partial charge in [-0.3, -0.25) is 9.69 Å². The lowest BCUT2D eigenvalue weighted by Crippen LogP contribution is -2.60. The van der Waals surface area contributed by atoms with Gasteiger partial charge >= 0.3 is 0 Å². The van der Waals surface area contributed by atoms with Crippen molar-refractivity contribution < 1.29 is 25.2 Å². The number of hydrogen-bond donors (Lipinski definition) is 3. The Labute approximate surface area is 274 Å². The third-order valence-electron chi connectivity index (χ3n) is 7.51. The highest BCUT2D eigenvalue weighted by molar-refractivity contribution is 5.85. The summed E-state index contributed by atoms with van der Waals surface area (Å²) in [5.41, 5.74) is 3.42. The van der Waals surface area contributed by atoms with Crippen LogP contribution >= 0.6 is 0 Å². The van der Waals surface area contributed by atoms with Gasteiger partial charge < -0.3 is 29.8 Å². The number of allylic oxidation sites excluding steroid dienone is 2. The van der Waals surface area contributed by atoms with Gasteiger partial charge in [0.25, 0.3) is 0 Å². The molecule has 0 radical (unpaired) electrons. The molecule has 0 spiro atoms. The van der Waals surface area contributed by atoms with Gasteiger partial charge in [-0.2, -0.15) is 0 Å². The van der Waals surface area contributed by atoms with Gasteiger partial charge in [0.2, 0.25) is 5.91 Å². The van der Waals surface area contributed by atoms with Gasteiger partial charge in [-0.1, -0.05) is 53.3 Å². The summed E-state index contributed by atoms with van der Waals surface area (Å²) < 4.78 is 16.6. The number of amides is 1. The van der Waals surface area contributed by atoms with Crippen LogP contribution in [0.1, 0.15) is 87.2 Å². The molecule has 1 aliphatic carbocycles. The number of aliphatic hydroxyl groups is 1. The average Bonchev–Trinajstić information content (AvgIpc) is 3.57. The standard InChI is InChI=1S/C22H36N4O.C8H10FN.C2H6O.CH4O.CH2O.CH4.H2/c1-8-17(20(2,3)4)18-23-13-16(24-18)14-26-12-11-25(15-21(26,5)6)19(27)22(7)9-10-22;1-10-6-7-2-4-8(9)5-3-7;1-3-2;2*1-2;;/h8,13H,9-12,14-15H2,1-7H3,(H,23,24);2-5,10H,6H2,1H3;1-2H3;2H,1H3;1H2;1H4;1H/b17-8+;;;;;;. The quantitative estimate of drug-likeness (QED) is 0.346. The van der Waals surface area contributed by atoms with Gasteiger partial charge in [0.05, 0.1) is 0 Å². The Balaban J connectivity index is -0.000000815. The van der Waals surface area contributed by atoms with Crippen LogP contribution in [0.5, 0.6) is 0 Å². The summed E-state index contributed by atoms with van der Waals surface area (Å²) in [5.74, 6) is 1.13. The smallest absolute Gasteiger partial charge is 0.228 e. The Kier molecular flexibility index (Phi) is 20.6. The van der Waals surface area contributed by atoms with Gasteiger partial charge in [0, 0.05) is 78.3 Å². The van der Waals surface area contributed by atoms with Gasteiger partial charge in [-0.05, 0) is 69.3 Å². The molecule has 9 nitrogen and oxygen atoms in total. The summed E-state index contributed by atoms with van der Waals surface area (Å²) in [7, 11) is 6.11. The molecule has 45 heavy (non-hydrogen) atoms. The third-order valence-corrected chi connectivity index (χ3v) is 7.51. The zero-order valence-electron chi connectivity index (χ0n) is 29.0. The minimum atomic E-state index is -0.181. The summed E-state index contributed by atoms with van der Waals surface area (Å²) in [5, 5.41) is 9.98. The van der Waals surface area contributed by atoms with Crippen LogP contribution < -0.4 is 5.32 Å². The van der Waals surface area contributed by atoms with Crippen molar-refractivity contribution >= 4 is 18.3 Å². The highest BCUT2D eigenvalue weighted by Gasteiger charge is 2.49. The fourth-order valence-electron chi connectivity index (χ4n) is 4.95. The second kappa shape index (κ2) is 21.0. The second-order valence-corrected chi connectivity index (χ2v) is 12.8. The highest BCUT2D eigenvalue weighted by atomic mass is 19.1. The normalized spacial score (nSPS) is 16.5. The average molecular weight is 638 g/mol. The van der Waals surface area contributed by atoms with Crippen LogP contribution in [0.15, 0.2) is 36.5 Å². The second-order valence-electron chi connectivity index (χ2n) is 12.8. The maximum absolute atomic E-state index is 12.7. The Bertz CT molecular complexity index is 1130. The van der Waals surface area contributed by atoms with E-state index < -0.39 is 0 Å². The molecule has 2 fully saturated rings. The van der Waals surface area contributed by atoms with Crippen LogP contribution in [-0.2, 0) is 27.4 Å². The summed E-state index contributed by atoms with van der Waals surface area (Å²) in [6.45, 7) is 21.4. The molecular formula is C35H64FN5O4. The van der Waals surface area contributed by atoms with Crippen LogP contribution in [-0.4, -0.2) is 91.1 Å². The summed E-state index contributed by atoms with van der Waals surface area (Å²) in [4.78, 5) is 33.4. The predicted molar refractivity (Wildman–Crippen MR) is 186 cm³/mol. The number of carbonyl (C=O) groups is 2. The number of ether oxygens (including phenoxy) is 1. The minimum absolute atomic E-state index is 0. The molecule has 3 N–H and O–H groups in total. The Morgan fingerprint density at radius 3 is 2.11 bits per heavy atom. The van der Waals surface area contributed by atoms with E-state index in [2.05, 4.69) is 84.4 Å². The first-order valence-electron chi connectivity index (χ1n) is 15.0. The third kappa shape index (κ3) is 14.4.